The Morgan fingerprint density at radius 2 is 0.914 bits per heavy atom. The lowest BCUT2D eigenvalue weighted by molar-refractivity contribution is 0.768. The Balaban J connectivity index is 1.11. The number of nitrogens with zero attached hydrogens (tertiary/aromatic N) is 1. The first-order valence-corrected chi connectivity index (χ1v) is 21.5. The Hall–Kier alpha value is -6.78. The van der Waals surface area contributed by atoms with Gasteiger partial charge in [-0.05, 0) is 81.4 Å². The second-order valence-electron chi connectivity index (χ2n) is 15.2. The topological polar surface area (TPSA) is 3.24 Å². The molecular weight excluding hydrogens is 739 g/mol. The van der Waals surface area contributed by atoms with E-state index in [9.17, 15) is 0 Å². The molecule has 2 heterocycles. The molecule has 0 bridgehead atoms. The van der Waals surface area contributed by atoms with Crippen LogP contribution in [0.3, 0.4) is 0 Å². The van der Waals surface area contributed by atoms with Gasteiger partial charge in [-0.1, -0.05) is 170 Å². The van der Waals surface area contributed by atoms with Crippen LogP contribution in [0.5, 0.6) is 0 Å². The molecule has 0 N–H and O–H groups in total. The van der Waals surface area contributed by atoms with Crippen LogP contribution in [0.25, 0.3) is 62.6 Å². The first kappa shape index (κ1) is 33.4. The monoisotopic (exact) mass is 773 g/mol. The molecule has 1 nitrogen and oxygen atoms in total. The minimum absolute atomic E-state index is 0.491. The molecule has 0 spiro atoms. The lowest BCUT2D eigenvalue weighted by Crippen LogP contribution is -2.28. The van der Waals surface area contributed by atoms with E-state index in [1.165, 1.54) is 96.2 Å². The molecule has 0 fully saturated rings. The summed E-state index contributed by atoms with van der Waals surface area (Å²) >= 11 is 3.75. The Bertz CT molecular complexity index is 3300. The van der Waals surface area contributed by atoms with Crippen molar-refractivity contribution >= 4 is 80.1 Å². The molecule has 1 aliphatic rings. The zero-order valence-electron chi connectivity index (χ0n) is 31.5. The van der Waals surface area contributed by atoms with Crippen LogP contribution in [-0.2, 0) is 5.41 Å². The van der Waals surface area contributed by atoms with Crippen LogP contribution in [0.1, 0.15) is 22.3 Å². The molecule has 0 aliphatic heterocycles. The van der Waals surface area contributed by atoms with Gasteiger partial charge in [0.2, 0.25) is 0 Å². The van der Waals surface area contributed by atoms with Gasteiger partial charge >= 0.3 is 0 Å². The summed E-state index contributed by atoms with van der Waals surface area (Å²) in [5, 5.41) is 5.24. The van der Waals surface area contributed by atoms with Crippen molar-refractivity contribution < 1.29 is 0 Å². The summed E-state index contributed by atoms with van der Waals surface area (Å²) in [5.74, 6) is 0. The van der Waals surface area contributed by atoms with E-state index < -0.39 is 5.41 Å². The summed E-state index contributed by atoms with van der Waals surface area (Å²) in [4.78, 5) is 2.53. The van der Waals surface area contributed by atoms with E-state index in [0.717, 1.165) is 5.69 Å². The Labute approximate surface area is 345 Å². The fourth-order valence-electron chi connectivity index (χ4n) is 9.68. The van der Waals surface area contributed by atoms with Crippen molar-refractivity contribution in [3.8, 4) is 22.3 Å². The molecule has 12 rings (SSSR count). The summed E-state index contributed by atoms with van der Waals surface area (Å²) < 4.78 is 5.23. The molecule has 0 saturated heterocycles. The molecule has 9 aromatic carbocycles. The zero-order valence-corrected chi connectivity index (χ0v) is 33.1. The maximum atomic E-state index is 2.53. The minimum Gasteiger partial charge on any atom is -0.308 e. The quantitative estimate of drug-likeness (QED) is 0.163. The van der Waals surface area contributed by atoms with Gasteiger partial charge in [-0.25, -0.2) is 0 Å². The number of thiophene rings is 2. The fourth-order valence-corrected chi connectivity index (χ4v) is 12.0. The first-order chi connectivity index (χ1) is 28.8. The van der Waals surface area contributed by atoms with Crippen LogP contribution in [0.15, 0.2) is 212 Å². The maximum absolute atomic E-state index is 2.53. The molecule has 272 valence electrons. The van der Waals surface area contributed by atoms with Gasteiger partial charge in [-0.2, -0.15) is 0 Å². The van der Waals surface area contributed by atoms with E-state index >= 15 is 0 Å². The largest absolute Gasteiger partial charge is 0.308 e. The highest BCUT2D eigenvalue weighted by Crippen LogP contribution is 2.60. The number of rotatable bonds is 6. The number of anilines is 3. The highest BCUT2D eigenvalue weighted by atomic mass is 32.1. The smallest absolute Gasteiger partial charge is 0.0714 e. The van der Waals surface area contributed by atoms with Gasteiger partial charge in [-0.15, -0.1) is 22.7 Å². The highest BCUT2D eigenvalue weighted by Gasteiger charge is 2.47. The third kappa shape index (κ3) is 4.87. The standard InChI is InChI=1S/C55H35NS2/c1-3-15-38(16-4-1)55(39-17-5-2-6-18-39)46-23-10-7-21-45(46)53-47(55)24-14-25-48(53)56(49-26-13-22-44-42-20-9-12-28-51(42)58-54(44)49)40-32-29-36(30-33-40)37-31-34-43-41-19-8-11-27-50(41)57-52(43)35-37/h1-35H. The molecule has 0 unspecified atom stereocenters. The van der Waals surface area contributed by atoms with Crippen molar-refractivity contribution in [3.63, 3.8) is 0 Å². The van der Waals surface area contributed by atoms with Gasteiger partial charge in [0.05, 0.1) is 21.5 Å². The van der Waals surface area contributed by atoms with Crippen LogP contribution in [0.4, 0.5) is 17.1 Å². The molecular formula is C55H35NS2. The highest BCUT2D eigenvalue weighted by molar-refractivity contribution is 7.26. The molecule has 0 saturated carbocycles. The zero-order chi connectivity index (χ0) is 38.2. The third-order valence-electron chi connectivity index (χ3n) is 12.2. The SMILES string of the molecule is c1ccc(C2(c3ccccc3)c3ccccc3-c3c(N(c4ccc(-c5ccc6c(c5)sc5ccccc56)cc4)c4cccc5c4sc4ccccc45)cccc32)cc1. The molecule has 1 aliphatic carbocycles. The number of fused-ring (bicyclic) bond motifs is 9. The summed E-state index contributed by atoms with van der Waals surface area (Å²) in [6.45, 7) is 0. The van der Waals surface area contributed by atoms with Gasteiger partial charge in [0.25, 0.3) is 0 Å². The molecule has 0 radical (unpaired) electrons. The first-order valence-electron chi connectivity index (χ1n) is 19.8. The normalized spacial score (nSPS) is 13.0. The average molecular weight is 774 g/mol. The number of hydrogen-bond donors (Lipinski definition) is 0. The summed E-state index contributed by atoms with van der Waals surface area (Å²) in [6, 6.07) is 78.7. The third-order valence-corrected chi connectivity index (χ3v) is 14.5. The molecule has 58 heavy (non-hydrogen) atoms. The van der Waals surface area contributed by atoms with E-state index in [0.29, 0.717) is 0 Å². The van der Waals surface area contributed by atoms with Crippen LogP contribution in [0, 0.1) is 0 Å². The van der Waals surface area contributed by atoms with Crippen LogP contribution in [0.2, 0.25) is 0 Å². The van der Waals surface area contributed by atoms with Gasteiger partial charge in [0, 0.05) is 46.9 Å². The lowest BCUT2D eigenvalue weighted by atomic mass is 9.68. The molecule has 0 amide bonds. The predicted molar refractivity (Wildman–Crippen MR) is 250 cm³/mol. The van der Waals surface area contributed by atoms with Crippen molar-refractivity contribution in [2.75, 3.05) is 4.90 Å². The van der Waals surface area contributed by atoms with Gasteiger partial charge in [0.15, 0.2) is 0 Å². The van der Waals surface area contributed by atoms with Gasteiger partial charge < -0.3 is 4.90 Å². The van der Waals surface area contributed by atoms with Crippen molar-refractivity contribution in [1.29, 1.82) is 0 Å². The Morgan fingerprint density at radius 1 is 0.362 bits per heavy atom. The van der Waals surface area contributed by atoms with Crippen molar-refractivity contribution in [3.05, 3.63) is 235 Å². The summed E-state index contributed by atoms with van der Waals surface area (Å²) in [6.07, 6.45) is 0. The Kier molecular flexibility index (Phi) is 7.56. The van der Waals surface area contributed by atoms with E-state index in [4.69, 9.17) is 0 Å². The van der Waals surface area contributed by atoms with Crippen LogP contribution >= 0.6 is 22.7 Å². The average Bonchev–Trinajstić information content (AvgIpc) is 3.96. The predicted octanol–water partition coefficient (Wildman–Crippen LogP) is 15.9. The number of benzene rings is 9. The fraction of sp³-hybridized carbons (Fsp3) is 0.0182. The lowest BCUT2D eigenvalue weighted by Gasteiger charge is -2.34. The second kappa shape index (κ2) is 13.1. The molecule has 3 heteroatoms. The van der Waals surface area contributed by atoms with Crippen molar-refractivity contribution in [2.45, 2.75) is 5.41 Å². The Morgan fingerprint density at radius 3 is 1.67 bits per heavy atom. The van der Waals surface area contributed by atoms with Gasteiger partial charge in [0.1, 0.15) is 0 Å². The van der Waals surface area contributed by atoms with Crippen molar-refractivity contribution in [1.82, 2.24) is 0 Å². The van der Waals surface area contributed by atoms with Gasteiger partial charge in [-0.3, -0.25) is 0 Å². The molecule has 11 aromatic rings. The van der Waals surface area contributed by atoms with E-state index in [-0.39, 0.29) is 0 Å². The van der Waals surface area contributed by atoms with Crippen LogP contribution in [-0.4, -0.2) is 0 Å². The second-order valence-corrected chi connectivity index (χ2v) is 17.3. The molecule has 0 atom stereocenters. The summed E-state index contributed by atoms with van der Waals surface area (Å²) in [7, 11) is 0. The van der Waals surface area contributed by atoms with Crippen molar-refractivity contribution in [2.24, 2.45) is 0 Å². The van der Waals surface area contributed by atoms with E-state index in [1.807, 2.05) is 22.7 Å². The van der Waals surface area contributed by atoms with E-state index in [2.05, 4.69) is 217 Å². The number of hydrogen-bond acceptors (Lipinski definition) is 3. The minimum atomic E-state index is -0.491. The maximum Gasteiger partial charge on any atom is 0.0714 e. The van der Waals surface area contributed by atoms with Crippen LogP contribution < -0.4 is 4.90 Å². The van der Waals surface area contributed by atoms with E-state index in [1.54, 1.807) is 0 Å². The summed E-state index contributed by atoms with van der Waals surface area (Å²) in [5.41, 5.74) is 13.1. The molecule has 2 aromatic heterocycles.